The van der Waals surface area contributed by atoms with Gasteiger partial charge in [0.05, 0.1) is 17.7 Å². The zero-order chi connectivity index (χ0) is 11.3. The van der Waals surface area contributed by atoms with Gasteiger partial charge in [0.2, 0.25) is 0 Å². The lowest BCUT2D eigenvalue weighted by Gasteiger charge is -2.10. The van der Waals surface area contributed by atoms with Crippen molar-refractivity contribution in [3.8, 4) is 12.3 Å². The minimum absolute atomic E-state index is 0.108. The number of nitrogens with one attached hydrogen (secondary N) is 1. The fourth-order valence-electron chi connectivity index (χ4n) is 1.03. The maximum Gasteiger partial charge on any atom is 0.147 e. The lowest BCUT2D eigenvalue weighted by molar-refractivity contribution is 0.211. The molecule has 2 N–H and O–H groups in total. The highest BCUT2D eigenvalue weighted by Crippen LogP contribution is 2.15. The van der Waals surface area contributed by atoms with Crippen molar-refractivity contribution in [1.82, 2.24) is 0 Å². The molecule has 4 heteroatoms. The SMILES string of the molecule is C#Cc1ccc(NCC(O)CCl)c(F)c1. The molecule has 0 spiro atoms. The number of hydrogen-bond acceptors (Lipinski definition) is 2. The predicted molar refractivity (Wildman–Crippen MR) is 59.6 cm³/mol. The fraction of sp³-hybridized carbons (Fsp3) is 0.273. The summed E-state index contributed by atoms with van der Waals surface area (Å²) >= 11 is 5.40. The molecular weight excluding hydrogens is 217 g/mol. The van der Waals surface area contributed by atoms with Crippen LogP contribution in [0.2, 0.25) is 0 Å². The Labute approximate surface area is 93.1 Å². The van der Waals surface area contributed by atoms with Gasteiger partial charge in [0, 0.05) is 12.1 Å². The maximum absolute atomic E-state index is 13.3. The van der Waals surface area contributed by atoms with Crippen molar-refractivity contribution in [2.45, 2.75) is 6.10 Å². The molecule has 0 radical (unpaired) electrons. The highest BCUT2D eigenvalue weighted by Gasteiger charge is 2.05. The minimum Gasteiger partial charge on any atom is -0.390 e. The summed E-state index contributed by atoms with van der Waals surface area (Å²) in [6.45, 7) is 0.204. The summed E-state index contributed by atoms with van der Waals surface area (Å²) in [5.74, 6) is 2.00. The number of terminal acetylenes is 1. The van der Waals surface area contributed by atoms with Crippen molar-refractivity contribution >= 4 is 17.3 Å². The number of aliphatic hydroxyl groups excluding tert-OH is 1. The molecule has 0 aliphatic carbocycles. The van der Waals surface area contributed by atoms with E-state index in [0.717, 1.165) is 0 Å². The summed E-state index contributed by atoms with van der Waals surface area (Å²) in [6, 6.07) is 4.42. The predicted octanol–water partition coefficient (Wildman–Crippen LogP) is 1.82. The van der Waals surface area contributed by atoms with Crippen LogP contribution in [0.1, 0.15) is 5.56 Å². The Bertz CT molecular complexity index is 375. The van der Waals surface area contributed by atoms with E-state index in [1.165, 1.54) is 12.1 Å². The third kappa shape index (κ3) is 3.43. The molecule has 0 saturated carbocycles. The zero-order valence-corrected chi connectivity index (χ0v) is 8.76. The van der Waals surface area contributed by atoms with Crippen LogP contribution in [-0.2, 0) is 0 Å². The van der Waals surface area contributed by atoms with Gasteiger partial charge in [0.25, 0.3) is 0 Å². The van der Waals surface area contributed by atoms with Gasteiger partial charge in [-0.1, -0.05) is 5.92 Å². The second kappa shape index (κ2) is 5.59. The molecule has 1 rings (SSSR count). The zero-order valence-electron chi connectivity index (χ0n) is 8.00. The Morgan fingerprint density at radius 2 is 2.33 bits per heavy atom. The van der Waals surface area contributed by atoms with Crippen LogP contribution >= 0.6 is 11.6 Å². The van der Waals surface area contributed by atoms with E-state index in [4.69, 9.17) is 23.1 Å². The molecule has 0 aliphatic rings. The first kappa shape index (κ1) is 11.8. The monoisotopic (exact) mass is 227 g/mol. The molecule has 0 aromatic heterocycles. The number of alkyl halides is 1. The minimum atomic E-state index is -0.696. The first-order valence-corrected chi connectivity index (χ1v) is 4.95. The molecule has 0 heterocycles. The molecule has 15 heavy (non-hydrogen) atoms. The van der Waals surface area contributed by atoms with Gasteiger partial charge >= 0.3 is 0 Å². The van der Waals surface area contributed by atoms with E-state index in [0.29, 0.717) is 11.3 Å². The Morgan fingerprint density at radius 3 is 2.87 bits per heavy atom. The molecule has 0 saturated heterocycles. The van der Waals surface area contributed by atoms with Crippen LogP contribution < -0.4 is 5.32 Å². The Morgan fingerprint density at radius 1 is 1.60 bits per heavy atom. The van der Waals surface area contributed by atoms with Crippen LogP contribution in [0.25, 0.3) is 0 Å². The number of rotatable bonds is 4. The number of aliphatic hydroxyl groups is 1. The molecule has 0 amide bonds. The smallest absolute Gasteiger partial charge is 0.147 e. The summed E-state index contributed by atoms with van der Waals surface area (Å²) in [5, 5.41) is 11.9. The third-order valence-corrected chi connectivity index (χ3v) is 2.20. The third-order valence-electron chi connectivity index (χ3n) is 1.84. The van der Waals surface area contributed by atoms with Crippen molar-refractivity contribution in [1.29, 1.82) is 0 Å². The lowest BCUT2D eigenvalue weighted by Crippen LogP contribution is -2.21. The first-order valence-electron chi connectivity index (χ1n) is 4.41. The molecule has 0 fully saturated rings. The normalized spacial score (nSPS) is 11.9. The van der Waals surface area contributed by atoms with E-state index in [1.807, 2.05) is 0 Å². The van der Waals surface area contributed by atoms with Crippen LogP contribution in [0.15, 0.2) is 18.2 Å². The molecule has 1 unspecified atom stereocenters. The van der Waals surface area contributed by atoms with Crippen LogP contribution in [0.3, 0.4) is 0 Å². The van der Waals surface area contributed by atoms with Crippen molar-refractivity contribution in [3.63, 3.8) is 0 Å². The maximum atomic E-state index is 13.3. The number of halogens is 2. The molecule has 2 nitrogen and oxygen atoms in total. The van der Waals surface area contributed by atoms with Crippen molar-refractivity contribution in [2.24, 2.45) is 0 Å². The molecule has 80 valence electrons. The molecule has 1 aromatic carbocycles. The lowest BCUT2D eigenvalue weighted by atomic mass is 10.2. The average molecular weight is 228 g/mol. The highest BCUT2D eigenvalue weighted by atomic mass is 35.5. The van der Waals surface area contributed by atoms with Crippen molar-refractivity contribution in [2.75, 3.05) is 17.7 Å². The van der Waals surface area contributed by atoms with Crippen LogP contribution in [0.5, 0.6) is 0 Å². The largest absolute Gasteiger partial charge is 0.390 e. The van der Waals surface area contributed by atoms with E-state index < -0.39 is 11.9 Å². The quantitative estimate of drug-likeness (QED) is 0.608. The Hall–Kier alpha value is -1.24. The molecular formula is C11H11ClFNO. The second-order valence-electron chi connectivity index (χ2n) is 3.03. The Balaban J connectivity index is 2.67. The number of hydrogen-bond donors (Lipinski definition) is 2. The van der Waals surface area contributed by atoms with Gasteiger partial charge < -0.3 is 10.4 Å². The molecule has 0 aliphatic heterocycles. The van der Waals surface area contributed by atoms with Crippen LogP contribution in [0, 0.1) is 18.2 Å². The van der Waals surface area contributed by atoms with E-state index in [2.05, 4.69) is 11.2 Å². The number of benzene rings is 1. The van der Waals surface area contributed by atoms with Crippen LogP contribution in [0.4, 0.5) is 10.1 Å². The average Bonchev–Trinajstić information content (AvgIpc) is 2.26. The standard InChI is InChI=1S/C11H11ClFNO/c1-2-8-3-4-11(10(13)5-8)14-7-9(15)6-12/h1,3-5,9,14-15H,6-7H2. The van der Waals surface area contributed by atoms with Crippen molar-refractivity contribution in [3.05, 3.63) is 29.6 Å². The topological polar surface area (TPSA) is 32.3 Å². The van der Waals surface area contributed by atoms with Gasteiger partial charge in [-0.15, -0.1) is 18.0 Å². The van der Waals surface area contributed by atoms with E-state index in [9.17, 15) is 4.39 Å². The van der Waals surface area contributed by atoms with E-state index in [-0.39, 0.29) is 12.4 Å². The summed E-state index contributed by atoms with van der Waals surface area (Å²) in [7, 11) is 0. The molecule has 1 atom stereocenters. The van der Waals surface area contributed by atoms with Gasteiger partial charge in [-0.2, -0.15) is 0 Å². The summed E-state index contributed by atoms with van der Waals surface area (Å²) in [6.07, 6.45) is 4.42. The highest BCUT2D eigenvalue weighted by molar-refractivity contribution is 6.18. The first-order chi connectivity index (χ1) is 7.17. The van der Waals surface area contributed by atoms with Gasteiger partial charge in [-0.25, -0.2) is 4.39 Å². The second-order valence-corrected chi connectivity index (χ2v) is 3.34. The molecule has 0 bridgehead atoms. The summed E-state index contributed by atoms with van der Waals surface area (Å²) in [4.78, 5) is 0. The number of anilines is 1. The van der Waals surface area contributed by atoms with Crippen molar-refractivity contribution < 1.29 is 9.50 Å². The van der Waals surface area contributed by atoms with Crippen LogP contribution in [-0.4, -0.2) is 23.6 Å². The Kier molecular flexibility index (Phi) is 4.41. The summed E-state index contributed by atoms with van der Waals surface area (Å²) in [5.41, 5.74) is 0.786. The van der Waals surface area contributed by atoms with E-state index >= 15 is 0 Å². The van der Waals surface area contributed by atoms with Gasteiger partial charge in [0.15, 0.2) is 0 Å². The van der Waals surface area contributed by atoms with E-state index in [1.54, 1.807) is 6.07 Å². The van der Waals surface area contributed by atoms with Gasteiger partial charge in [-0.3, -0.25) is 0 Å². The summed E-state index contributed by atoms with van der Waals surface area (Å²) < 4.78 is 13.3. The van der Waals surface area contributed by atoms with Gasteiger partial charge in [-0.05, 0) is 18.2 Å². The molecule has 1 aromatic rings. The van der Waals surface area contributed by atoms with Gasteiger partial charge in [0.1, 0.15) is 5.82 Å². The fourth-order valence-corrected chi connectivity index (χ4v) is 1.14.